The normalized spacial score (nSPS) is 12.9. The number of alkyl halides is 3. The van der Waals surface area contributed by atoms with E-state index in [9.17, 15) is 9.59 Å². The molecule has 0 radical (unpaired) electrons. The summed E-state index contributed by atoms with van der Waals surface area (Å²) in [5.74, 6) is -0.745. The average molecular weight is 447 g/mol. The van der Waals surface area contributed by atoms with E-state index in [1.165, 1.54) is 4.57 Å². The summed E-state index contributed by atoms with van der Waals surface area (Å²) in [5.41, 5.74) is 1.47. The summed E-state index contributed by atoms with van der Waals surface area (Å²) in [6.07, 6.45) is -1.42. The molecule has 0 aliphatic carbocycles. The standard InChI is InChI=1S/C18H14Cl3NO4S/c19-18(20,21)16(25-11-12-6-2-1-3-7-12)26-15(23)10-22-13-8-4-5-9-14(13)27-17(22)24/h1-9,16H,10-11H2. The first kappa shape index (κ1) is 20.2. The Morgan fingerprint density at radius 3 is 2.44 bits per heavy atom. The molecule has 3 rings (SSSR count). The fraction of sp³-hybridized carbons (Fsp3) is 0.222. The molecule has 1 unspecified atom stereocenters. The molecule has 3 aromatic rings. The van der Waals surface area contributed by atoms with Gasteiger partial charge in [0.1, 0.15) is 6.54 Å². The predicted octanol–water partition coefficient (Wildman–Crippen LogP) is 4.52. The number of carbonyl (C=O) groups excluding carboxylic acids is 1. The van der Waals surface area contributed by atoms with Crippen molar-refractivity contribution in [2.45, 2.75) is 23.2 Å². The maximum Gasteiger partial charge on any atom is 0.328 e. The highest BCUT2D eigenvalue weighted by molar-refractivity contribution is 7.16. The number of hydrogen-bond acceptors (Lipinski definition) is 5. The van der Waals surface area contributed by atoms with Crippen LogP contribution < -0.4 is 4.87 Å². The Kier molecular flexibility index (Phi) is 6.44. The van der Waals surface area contributed by atoms with Crippen LogP contribution >= 0.6 is 46.1 Å². The molecule has 0 aliphatic rings. The SMILES string of the molecule is O=C(Cn1c(=O)sc2ccccc21)OC(OCc1ccccc1)C(Cl)(Cl)Cl. The van der Waals surface area contributed by atoms with E-state index >= 15 is 0 Å². The van der Waals surface area contributed by atoms with E-state index in [0.29, 0.717) is 5.52 Å². The second-order valence-corrected chi connectivity index (χ2v) is 8.94. The number of benzene rings is 2. The van der Waals surface area contributed by atoms with Crippen LogP contribution in [0.4, 0.5) is 0 Å². The number of rotatable bonds is 6. The summed E-state index contributed by atoms with van der Waals surface area (Å²) in [7, 11) is 0. The van der Waals surface area contributed by atoms with Crippen molar-refractivity contribution in [2.24, 2.45) is 0 Å². The Morgan fingerprint density at radius 2 is 1.74 bits per heavy atom. The topological polar surface area (TPSA) is 57.5 Å². The Balaban J connectivity index is 1.70. The molecule has 0 aliphatic heterocycles. The summed E-state index contributed by atoms with van der Waals surface area (Å²) < 4.78 is 10.8. The lowest BCUT2D eigenvalue weighted by Crippen LogP contribution is -2.35. The van der Waals surface area contributed by atoms with Gasteiger partial charge in [0.2, 0.25) is 0 Å². The van der Waals surface area contributed by atoms with Crippen LogP contribution in [0.1, 0.15) is 5.56 Å². The highest BCUT2D eigenvalue weighted by Crippen LogP contribution is 2.33. The summed E-state index contributed by atoms with van der Waals surface area (Å²) in [5, 5.41) is 0. The maximum absolute atomic E-state index is 12.3. The molecular formula is C18H14Cl3NO4S. The second kappa shape index (κ2) is 8.63. The van der Waals surface area contributed by atoms with Gasteiger partial charge in [-0.15, -0.1) is 0 Å². The van der Waals surface area contributed by atoms with Gasteiger partial charge in [-0.05, 0) is 17.7 Å². The lowest BCUT2D eigenvalue weighted by molar-refractivity contribution is -0.181. The number of fused-ring (bicyclic) bond motifs is 1. The molecule has 0 amide bonds. The van der Waals surface area contributed by atoms with Gasteiger partial charge in [0.25, 0.3) is 10.1 Å². The van der Waals surface area contributed by atoms with Gasteiger partial charge in [-0.3, -0.25) is 14.2 Å². The molecular weight excluding hydrogens is 433 g/mol. The van der Waals surface area contributed by atoms with Crippen molar-refractivity contribution in [3.8, 4) is 0 Å². The summed E-state index contributed by atoms with van der Waals surface area (Å²) in [4.78, 5) is 24.2. The van der Waals surface area contributed by atoms with Crippen LogP contribution in [0.3, 0.4) is 0 Å². The van der Waals surface area contributed by atoms with E-state index in [2.05, 4.69) is 0 Å². The molecule has 0 N–H and O–H groups in total. The van der Waals surface area contributed by atoms with E-state index in [1.54, 1.807) is 18.2 Å². The van der Waals surface area contributed by atoms with E-state index in [1.807, 2.05) is 36.4 Å². The van der Waals surface area contributed by atoms with Gasteiger partial charge >= 0.3 is 10.8 Å². The molecule has 5 nitrogen and oxygen atoms in total. The monoisotopic (exact) mass is 445 g/mol. The van der Waals surface area contributed by atoms with E-state index < -0.39 is 16.1 Å². The highest BCUT2D eigenvalue weighted by Gasteiger charge is 2.37. The number of thiazole rings is 1. The molecule has 1 atom stereocenters. The molecule has 0 fully saturated rings. The largest absolute Gasteiger partial charge is 0.430 e. The Labute approximate surface area is 174 Å². The van der Waals surface area contributed by atoms with Crippen LogP contribution in [0.5, 0.6) is 0 Å². The number of aromatic nitrogens is 1. The van der Waals surface area contributed by atoms with Crippen molar-refractivity contribution in [1.82, 2.24) is 4.57 Å². The predicted molar refractivity (Wildman–Crippen MR) is 107 cm³/mol. The Hall–Kier alpha value is -1.57. The first-order valence-electron chi connectivity index (χ1n) is 7.84. The average Bonchev–Trinajstić information content (AvgIpc) is 2.94. The highest BCUT2D eigenvalue weighted by atomic mass is 35.6. The molecule has 142 valence electrons. The molecule has 0 bridgehead atoms. The first-order valence-corrected chi connectivity index (χ1v) is 9.80. The van der Waals surface area contributed by atoms with Gasteiger partial charge < -0.3 is 9.47 Å². The maximum atomic E-state index is 12.3. The number of esters is 1. The zero-order valence-electron chi connectivity index (χ0n) is 13.8. The Bertz CT molecular complexity index is 981. The molecule has 0 spiro atoms. The summed E-state index contributed by atoms with van der Waals surface area (Å²) >= 11 is 18.7. The lowest BCUT2D eigenvalue weighted by Gasteiger charge is -2.24. The van der Waals surface area contributed by atoms with Crippen molar-refractivity contribution >= 4 is 62.3 Å². The second-order valence-electron chi connectivity index (χ2n) is 5.58. The van der Waals surface area contributed by atoms with E-state index in [0.717, 1.165) is 21.6 Å². The number of para-hydroxylation sites is 1. The van der Waals surface area contributed by atoms with Crippen LogP contribution in [-0.2, 0) is 27.4 Å². The molecule has 9 heteroatoms. The molecule has 1 heterocycles. The molecule has 1 aromatic heterocycles. The molecule has 0 saturated carbocycles. The van der Waals surface area contributed by atoms with Gasteiger partial charge in [-0.25, -0.2) is 0 Å². The third-order valence-corrected chi connectivity index (χ3v) is 5.11. The van der Waals surface area contributed by atoms with Crippen molar-refractivity contribution in [3.63, 3.8) is 0 Å². The van der Waals surface area contributed by atoms with Gasteiger partial charge in [-0.2, -0.15) is 0 Å². The van der Waals surface area contributed by atoms with Gasteiger partial charge in [-0.1, -0.05) is 88.6 Å². The fourth-order valence-corrected chi connectivity index (χ4v) is 3.60. The lowest BCUT2D eigenvalue weighted by atomic mass is 10.2. The van der Waals surface area contributed by atoms with Crippen molar-refractivity contribution in [2.75, 3.05) is 0 Å². The van der Waals surface area contributed by atoms with Crippen molar-refractivity contribution in [3.05, 3.63) is 69.8 Å². The minimum absolute atomic E-state index is 0.0913. The molecule has 0 saturated heterocycles. The van der Waals surface area contributed by atoms with Gasteiger partial charge in [0.05, 0.1) is 16.8 Å². The molecule has 2 aromatic carbocycles. The van der Waals surface area contributed by atoms with Crippen LogP contribution in [0.2, 0.25) is 0 Å². The van der Waals surface area contributed by atoms with Crippen LogP contribution in [-0.4, -0.2) is 20.6 Å². The number of carbonyl (C=O) groups is 1. The number of nitrogens with zero attached hydrogens (tertiary/aromatic N) is 1. The zero-order valence-corrected chi connectivity index (χ0v) is 16.9. The first-order chi connectivity index (χ1) is 12.8. The summed E-state index contributed by atoms with van der Waals surface area (Å²) in [6.45, 7) is -0.219. The molecule has 27 heavy (non-hydrogen) atoms. The Morgan fingerprint density at radius 1 is 1.07 bits per heavy atom. The van der Waals surface area contributed by atoms with Crippen LogP contribution in [0, 0.1) is 0 Å². The minimum Gasteiger partial charge on any atom is -0.430 e. The number of hydrogen-bond donors (Lipinski definition) is 0. The quantitative estimate of drug-likeness (QED) is 0.317. The number of ether oxygens (including phenoxy) is 2. The van der Waals surface area contributed by atoms with Crippen LogP contribution in [0.15, 0.2) is 59.4 Å². The zero-order chi connectivity index (χ0) is 19.4. The van der Waals surface area contributed by atoms with Crippen molar-refractivity contribution in [1.29, 1.82) is 0 Å². The van der Waals surface area contributed by atoms with E-state index in [4.69, 9.17) is 44.3 Å². The third-order valence-electron chi connectivity index (χ3n) is 3.61. The third kappa shape index (κ3) is 5.24. The van der Waals surface area contributed by atoms with Crippen molar-refractivity contribution < 1.29 is 14.3 Å². The fourth-order valence-electron chi connectivity index (χ4n) is 2.39. The summed E-state index contributed by atoms with van der Waals surface area (Å²) in [6, 6.07) is 16.3. The van der Waals surface area contributed by atoms with Gasteiger partial charge in [0.15, 0.2) is 0 Å². The minimum atomic E-state index is -1.98. The number of halogens is 3. The smallest absolute Gasteiger partial charge is 0.328 e. The van der Waals surface area contributed by atoms with Crippen LogP contribution in [0.25, 0.3) is 10.2 Å². The van der Waals surface area contributed by atoms with Gasteiger partial charge in [0, 0.05) is 0 Å². The van der Waals surface area contributed by atoms with E-state index in [-0.39, 0.29) is 18.0 Å².